The molecule has 2 aliphatic heterocycles. The molecule has 2 heterocycles. The normalized spacial score (nSPS) is 14.1. The van der Waals surface area contributed by atoms with Gasteiger partial charge in [0.1, 0.15) is 11.6 Å². The lowest BCUT2D eigenvalue weighted by atomic mass is 9.98. The summed E-state index contributed by atoms with van der Waals surface area (Å²) in [5.41, 5.74) is 8.70. The Balaban J connectivity index is 1.32. The maximum Gasteiger partial charge on any atom is 0.104 e. The summed E-state index contributed by atoms with van der Waals surface area (Å²) >= 11 is 4.17. The largest absolute Gasteiger partial charge is 0.307 e. The van der Waals surface area contributed by atoms with Crippen LogP contribution in [0.15, 0.2) is 223 Å². The second kappa shape index (κ2) is 13.8. The molecule has 0 saturated heterocycles. The number of rotatable bonds is 5. The molecule has 0 unspecified atom stereocenters. The predicted molar refractivity (Wildman–Crippen MR) is 236 cm³/mol. The van der Waals surface area contributed by atoms with Gasteiger partial charge in [-0.3, -0.25) is 0 Å². The lowest BCUT2D eigenvalue weighted by Crippen LogP contribution is -2.23. The summed E-state index contributed by atoms with van der Waals surface area (Å²) < 4.78 is 1.15. The van der Waals surface area contributed by atoms with E-state index in [-0.39, 0.29) is 0 Å². The molecule has 0 aliphatic carbocycles. The zero-order valence-corrected chi connectivity index (χ0v) is 33.3. The fourth-order valence-corrected chi connectivity index (χ4v) is 13.8. The molecule has 0 radical (unpaired) electrons. The number of anilines is 6. The Hall–Kier alpha value is -5.72. The number of para-hydroxylation sites is 4. The molecular weight excluding hydrogens is 822 g/mol. The van der Waals surface area contributed by atoms with Crippen LogP contribution in [0, 0.1) is 14.9 Å². The summed E-state index contributed by atoms with van der Waals surface area (Å²) in [6.45, 7) is 0. The average Bonchev–Trinajstić information content (AvgIpc) is 3.25. The van der Waals surface area contributed by atoms with Gasteiger partial charge in [-0.15, -0.1) is 10.0 Å². The van der Waals surface area contributed by atoms with Crippen molar-refractivity contribution in [1.29, 1.82) is 5.26 Å². The molecule has 0 aromatic heterocycles. The fourth-order valence-electron chi connectivity index (χ4n) is 8.08. The van der Waals surface area contributed by atoms with Gasteiger partial charge in [0.25, 0.3) is 0 Å². The highest BCUT2D eigenvalue weighted by molar-refractivity contribution is 14.1. The summed E-state index contributed by atoms with van der Waals surface area (Å²) in [5, 5.41) is 11.5. The van der Waals surface area contributed by atoms with Crippen molar-refractivity contribution in [3.05, 3.63) is 203 Å². The number of hydrogen-bond acceptors (Lipinski definition) is 4. The maximum atomic E-state index is 11.5. The smallest absolute Gasteiger partial charge is 0.104 e. The van der Waals surface area contributed by atoms with Crippen LogP contribution in [0.3, 0.4) is 0 Å². The predicted octanol–water partition coefficient (Wildman–Crippen LogP) is 14.9. The first-order valence-corrected chi connectivity index (χ1v) is 21.6. The molecule has 0 N–H and O–H groups in total. The summed E-state index contributed by atoms with van der Waals surface area (Å²) in [5.74, 6) is 0. The van der Waals surface area contributed by atoms with Gasteiger partial charge in [0.2, 0.25) is 0 Å². The third kappa shape index (κ3) is 5.41. The Labute approximate surface area is 341 Å². The lowest BCUT2D eigenvalue weighted by Gasteiger charge is -2.50. The van der Waals surface area contributed by atoms with Gasteiger partial charge in [0, 0.05) is 32.9 Å². The number of fused-ring (bicyclic) bond motifs is 4. The van der Waals surface area contributed by atoms with Crippen molar-refractivity contribution in [3.63, 3.8) is 0 Å². The van der Waals surface area contributed by atoms with E-state index in [4.69, 9.17) is 0 Å². The number of benzene rings is 8. The monoisotopic (exact) mass is 853 g/mol. The number of halogens is 1. The molecule has 8 aromatic rings. The number of nitriles is 1. The SMILES string of the molecule is N#Cc1c(N2c3ccccc3Sc3ccccc32)cc(-c2cccc(I)c2)cc1N1c2ccccc2S(c2ccccc2)(c2ccccc2)c2ccccc21. The first-order chi connectivity index (χ1) is 27.2. The fraction of sp³-hybridized carbons (Fsp3) is 0. The van der Waals surface area contributed by atoms with E-state index < -0.39 is 10.0 Å². The van der Waals surface area contributed by atoms with E-state index in [2.05, 4.69) is 233 Å². The summed E-state index contributed by atoms with van der Waals surface area (Å²) in [4.78, 5) is 12.0. The molecule has 0 spiro atoms. The minimum atomic E-state index is -1.95. The van der Waals surface area contributed by atoms with E-state index >= 15 is 0 Å². The van der Waals surface area contributed by atoms with Gasteiger partial charge in [-0.05, 0) is 131 Å². The molecule has 0 saturated carbocycles. The molecule has 2 aliphatic rings. The molecule has 0 fully saturated rings. The molecule has 0 bridgehead atoms. The van der Waals surface area contributed by atoms with Crippen molar-refractivity contribution in [2.45, 2.75) is 29.4 Å². The van der Waals surface area contributed by atoms with E-state index in [0.717, 1.165) is 58.6 Å². The van der Waals surface area contributed by atoms with Crippen LogP contribution >= 0.6 is 44.4 Å². The minimum Gasteiger partial charge on any atom is -0.307 e. The third-order valence-corrected chi connectivity index (χ3v) is 16.1. The van der Waals surface area contributed by atoms with Gasteiger partial charge >= 0.3 is 0 Å². The van der Waals surface area contributed by atoms with Crippen LogP contribution < -0.4 is 9.80 Å². The molecule has 10 rings (SSSR count). The second-order valence-corrected chi connectivity index (χ2v) is 18.8. The molecule has 0 atom stereocenters. The quantitative estimate of drug-likeness (QED) is 0.161. The van der Waals surface area contributed by atoms with Gasteiger partial charge < -0.3 is 9.80 Å². The molecule has 3 nitrogen and oxygen atoms in total. The van der Waals surface area contributed by atoms with Crippen LogP contribution in [0.4, 0.5) is 34.1 Å². The topological polar surface area (TPSA) is 30.3 Å². The zero-order valence-electron chi connectivity index (χ0n) is 29.5. The van der Waals surface area contributed by atoms with Crippen LogP contribution in [0.2, 0.25) is 0 Å². The van der Waals surface area contributed by atoms with Crippen LogP contribution in [0.5, 0.6) is 0 Å². The summed E-state index contributed by atoms with van der Waals surface area (Å²) in [6.07, 6.45) is 0. The van der Waals surface area contributed by atoms with E-state index in [1.54, 1.807) is 11.8 Å². The van der Waals surface area contributed by atoms with Crippen molar-refractivity contribution in [2.24, 2.45) is 0 Å². The van der Waals surface area contributed by atoms with E-state index in [1.165, 1.54) is 19.6 Å². The van der Waals surface area contributed by atoms with Gasteiger partial charge in [0.05, 0.1) is 34.1 Å². The Kier molecular flexibility index (Phi) is 8.52. The summed E-state index contributed by atoms with van der Waals surface area (Å²) in [7, 11) is -1.95. The molecule has 8 aromatic carbocycles. The maximum absolute atomic E-state index is 11.5. The van der Waals surface area contributed by atoms with E-state index in [0.29, 0.717) is 5.56 Å². The van der Waals surface area contributed by atoms with Crippen LogP contribution in [-0.4, -0.2) is 0 Å². The summed E-state index contributed by atoms with van der Waals surface area (Å²) in [6, 6.07) is 72.5. The highest BCUT2D eigenvalue weighted by Crippen LogP contribution is 2.79. The highest BCUT2D eigenvalue weighted by Gasteiger charge is 2.43. The highest BCUT2D eigenvalue weighted by atomic mass is 127. The van der Waals surface area contributed by atoms with Crippen LogP contribution in [-0.2, 0) is 0 Å². The van der Waals surface area contributed by atoms with Crippen molar-refractivity contribution in [3.8, 4) is 17.2 Å². The first kappa shape index (κ1) is 33.8. The minimum absolute atomic E-state index is 0.609. The Morgan fingerprint density at radius 3 is 1.40 bits per heavy atom. The molecular formula is C49H32IN3S2. The Bertz CT molecular complexity index is 2660. The van der Waals surface area contributed by atoms with Gasteiger partial charge in [-0.25, -0.2) is 0 Å². The standard InChI is InChI=1S/C49H32IN3S2/c50-36-17-15-16-34(30-36)35-31-44(52-40-22-7-11-26-46(40)54-47-27-12-8-23-41(47)52)39(33-51)45(32-35)53-42-24-9-13-28-48(42)55(37-18-3-1-4-19-37,38-20-5-2-6-21-38)49-29-14-10-25-43(49)53/h1-32H. The number of nitrogens with zero attached hydrogens (tertiary/aromatic N) is 3. The van der Waals surface area contributed by atoms with Crippen LogP contribution in [0.25, 0.3) is 11.1 Å². The van der Waals surface area contributed by atoms with Gasteiger partial charge in [0.15, 0.2) is 0 Å². The second-order valence-electron chi connectivity index (χ2n) is 13.4. The Morgan fingerprint density at radius 2 is 0.891 bits per heavy atom. The van der Waals surface area contributed by atoms with E-state index in [9.17, 15) is 5.26 Å². The average molecular weight is 854 g/mol. The van der Waals surface area contributed by atoms with Gasteiger partial charge in [-0.2, -0.15) is 5.26 Å². The lowest BCUT2D eigenvalue weighted by molar-refractivity contribution is 1.11. The molecule has 55 heavy (non-hydrogen) atoms. The number of hydrogen-bond donors (Lipinski definition) is 0. The van der Waals surface area contributed by atoms with E-state index in [1.807, 2.05) is 0 Å². The third-order valence-electron chi connectivity index (χ3n) is 10.3. The molecule has 0 amide bonds. The van der Waals surface area contributed by atoms with Crippen molar-refractivity contribution in [1.82, 2.24) is 0 Å². The zero-order chi connectivity index (χ0) is 36.9. The molecule has 6 heteroatoms. The molecule has 262 valence electrons. The Morgan fingerprint density at radius 1 is 0.436 bits per heavy atom. The van der Waals surface area contributed by atoms with Crippen molar-refractivity contribution in [2.75, 3.05) is 9.80 Å². The van der Waals surface area contributed by atoms with Gasteiger partial charge in [-0.1, -0.05) is 109 Å². The van der Waals surface area contributed by atoms with Crippen molar-refractivity contribution >= 4 is 78.5 Å². The van der Waals surface area contributed by atoms with Crippen molar-refractivity contribution < 1.29 is 0 Å². The first-order valence-electron chi connectivity index (χ1n) is 18.1. The van der Waals surface area contributed by atoms with Crippen LogP contribution in [0.1, 0.15) is 5.56 Å².